The van der Waals surface area contributed by atoms with Crippen molar-refractivity contribution in [3.8, 4) is 11.4 Å². The summed E-state index contributed by atoms with van der Waals surface area (Å²) in [6.07, 6.45) is 8.82. The molecule has 112 valence electrons. The second-order valence-electron chi connectivity index (χ2n) is 5.66. The SMILES string of the molecule is CCN1CCC(n2ccnc2-c2cnc(N(C)C)nc2)C1. The van der Waals surface area contributed by atoms with Gasteiger partial charge in [-0.25, -0.2) is 15.0 Å². The fourth-order valence-electron chi connectivity index (χ4n) is 2.83. The van der Waals surface area contributed by atoms with Gasteiger partial charge in [0.1, 0.15) is 5.82 Å². The van der Waals surface area contributed by atoms with Gasteiger partial charge in [0.15, 0.2) is 0 Å². The molecule has 1 aliphatic heterocycles. The van der Waals surface area contributed by atoms with Crippen LogP contribution in [0.5, 0.6) is 0 Å². The number of hydrogen-bond donors (Lipinski definition) is 0. The van der Waals surface area contributed by atoms with Crippen molar-refractivity contribution in [3.63, 3.8) is 0 Å². The maximum absolute atomic E-state index is 4.51. The Bertz CT molecular complexity index is 588. The highest BCUT2D eigenvalue weighted by molar-refractivity contribution is 5.54. The van der Waals surface area contributed by atoms with E-state index in [0.717, 1.165) is 37.0 Å². The first kappa shape index (κ1) is 14.0. The molecule has 3 rings (SSSR count). The molecule has 6 heteroatoms. The lowest BCUT2D eigenvalue weighted by atomic mass is 10.2. The second-order valence-corrected chi connectivity index (χ2v) is 5.66. The Hall–Kier alpha value is -1.95. The van der Waals surface area contributed by atoms with Crippen molar-refractivity contribution in [1.29, 1.82) is 0 Å². The van der Waals surface area contributed by atoms with Gasteiger partial charge in [-0.15, -0.1) is 0 Å². The number of aromatic nitrogens is 4. The van der Waals surface area contributed by atoms with Crippen LogP contribution in [-0.2, 0) is 0 Å². The van der Waals surface area contributed by atoms with Crippen LogP contribution in [0.2, 0.25) is 0 Å². The number of imidazole rings is 1. The molecular weight excluding hydrogens is 264 g/mol. The topological polar surface area (TPSA) is 50.1 Å². The Morgan fingerprint density at radius 2 is 2.00 bits per heavy atom. The molecule has 3 heterocycles. The highest BCUT2D eigenvalue weighted by Crippen LogP contribution is 2.27. The minimum absolute atomic E-state index is 0.496. The van der Waals surface area contributed by atoms with E-state index in [1.807, 2.05) is 37.6 Å². The van der Waals surface area contributed by atoms with Crippen LogP contribution in [0.3, 0.4) is 0 Å². The van der Waals surface area contributed by atoms with Gasteiger partial charge in [0.2, 0.25) is 5.95 Å². The molecule has 6 nitrogen and oxygen atoms in total. The van der Waals surface area contributed by atoms with E-state index in [9.17, 15) is 0 Å². The standard InChI is InChI=1S/C15H22N6/c1-4-20-7-5-13(11-20)21-8-6-16-14(21)12-9-17-15(18-10-12)19(2)3/h6,8-10,13H,4-5,7,11H2,1-3H3. The molecule has 2 aromatic heterocycles. The molecular formula is C15H22N6. The van der Waals surface area contributed by atoms with Crippen LogP contribution in [0.15, 0.2) is 24.8 Å². The molecule has 1 fully saturated rings. The lowest BCUT2D eigenvalue weighted by Gasteiger charge is -2.17. The van der Waals surface area contributed by atoms with Crippen LogP contribution in [0.25, 0.3) is 11.4 Å². The quantitative estimate of drug-likeness (QED) is 0.856. The minimum atomic E-state index is 0.496. The largest absolute Gasteiger partial charge is 0.347 e. The number of likely N-dealkylation sites (N-methyl/N-ethyl adjacent to an activating group) is 1. The average Bonchev–Trinajstić information content (AvgIpc) is 3.15. The van der Waals surface area contributed by atoms with Crippen LogP contribution < -0.4 is 4.90 Å². The van der Waals surface area contributed by atoms with E-state index in [4.69, 9.17) is 0 Å². The van der Waals surface area contributed by atoms with Crippen molar-refractivity contribution >= 4 is 5.95 Å². The van der Waals surface area contributed by atoms with E-state index in [0.29, 0.717) is 6.04 Å². The minimum Gasteiger partial charge on any atom is -0.347 e. The monoisotopic (exact) mass is 286 g/mol. The number of nitrogens with zero attached hydrogens (tertiary/aromatic N) is 6. The Morgan fingerprint density at radius 3 is 2.62 bits per heavy atom. The van der Waals surface area contributed by atoms with Crippen LogP contribution in [0.1, 0.15) is 19.4 Å². The van der Waals surface area contributed by atoms with Crippen molar-refractivity contribution < 1.29 is 0 Å². The molecule has 0 aromatic carbocycles. The summed E-state index contributed by atoms with van der Waals surface area (Å²) in [5, 5.41) is 0. The zero-order valence-electron chi connectivity index (χ0n) is 12.9. The Morgan fingerprint density at radius 1 is 1.24 bits per heavy atom. The van der Waals surface area contributed by atoms with Gasteiger partial charge in [-0.3, -0.25) is 0 Å². The highest BCUT2D eigenvalue weighted by atomic mass is 15.2. The van der Waals surface area contributed by atoms with E-state index >= 15 is 0 Å². The highest BCUT2D eigenvalue weighted by Gasteiger charge is 2.24. The zero-order valence-corrected chi connectivity index (χ0v) is 12.9. The van der Waals surface area contributed by atoms with E-state index in [1.165, 1.54) is 6.42 Å². The molecule has 21 heavy (non-hydrogen) atoms. The van der Waals surface area contributed by atoms with Gasteiger partial charge in [0, 0.05) is 58.0 Å². The normalized spacial score (nSPS) is 19.1. The van der Waals surface area contributed by atoms with Gasteiger partial charge in [-0.2, -0.15) is 0 Å². The summed E-state index contributed by atoms with van der Waals surface area (Å²) < 4.78 is 2.27. The van der Waals surface area contributed by atoms with Crippen LogP contribution >= 0.6 is 0 Å². The first-order chi connectivity index (χ1) is 10.2. The lowest BCUT2D eigenvalue weighted by Crippen LogP contribution is -2.21. The predicted octanol–water partition coefficient (Wildman–Crippen LogP) is 1.67. The zero-order chi connectivity index (χ0) is 14.8. The number of anilines is 1. The summed E-state index contributed by atoms with van der Waals surface area (Å²) in [6.45, 7) is 5.58. The molecule has 0 aliphatic carbocycles. The van der Waals surface area contributed by atoms with Crippen molar-refractivity contribution in [1.82, 2.24) is 24.4 Å². The van der Waals surface area contributed by atoms with Crippen molar-refractivity contribution in [2.75, 3.05) is 38.6 Å². The third kappa shape index (κ3) is 2.76. The van der Waals surface area contributed by atoms with E-state index in [2.05, 4.69) is 37.5 Å². The van der Waals surface area contributed by atoms with E-state index in [1.54, 1.807) is 0 Å². The Kier molecular flexibility index (Phi) is 3.88. The van der Waals surface area contributed by atoms with Crippen LogP contribution in [-0.4, -0.2) is 58.1 Å². The number of likely N-dealkylation sites (tertiary alicyclic amines) is 1. The van der Waals surface area contributed by atoms with Crippen LogP contribution in [0.4, 0.5) is 5.95 Å². The lowest BCUT2D eigenvalue weighted by molar-refractivity contribution is 0.342. The fraction of sp³-hybridized carbons (Fsp3) is 0.533. The smallest absolute Gasteiger partial charge is 0.224 e. The fourth-order valence-corrected chi connectivity index (χ4v) is 2.83. The van der Waals surface area contributed by atoms with Gasteiger partial charge in [0.05, 0.1) is 5.56 Å². The van der Waals surface area contributed by atoms with Crippen LogP contribution in [0, 0.1) is 0 Å². The van der Waals surface area contributed by atoms with Gasteiger partial charge in [-0.05, 0) is 13.0 Å². The molecule has 2 aromatic rings. The van der Waals surface area contributed by atoms with Crippen molar-refractivity contribution in [2.24, 2.45) is 0 Å². The summed E-state index contributed by atoms with van der Waals surface area (Å²) >= 11 is 0. The van der Waals surface area contributed by atoms with Gasteiger partial charge in [-0.1, -0.05) is 6.92 Å². The summed E-state index contributed by atoms with van der Waals surface area (Å²) in [5.41, 5.74) is 0.973. The first-order valence-corrected chi connectivity index (χ1v) is 7.44. The maximum Gasteiger partial charge on any atom is 0.224 e. The molecule has 0 radical (unpaired) electrons. The summed E-state index contributed by atoms with van der Waals surface area (Å²) in [4.78, 5) is 17.6. The Labute approximate surface area is 125 Å². The maximum atomic E-state index is 4.51. The van der Waals surface area contributed by atoms with E-state index < -0.39 is 0 Å². The summed E-state index contributed by atoms with van der Waals surface area (Å²) in [7, 11) is 3.88. The van der Waals surface area contributed by atoms with E-state index in [-0.39, 0.29) is 0 Å². The summed E-state index contributed by atoms with van der Waals surface area (Å²) in [5.74, 6) is 1.68. The molecule has 0 bridgehead atoms. The second kappa shape index (κ2) is 5.81. The Balaban J connectivity index is 1.85. The predicted molar refractivity (Wildman–Crippen MR) is 83.3 cm³/mol. The van der Waals surface area contributed by atoms with Gasteiger partial charge in [0.25, 0.3) is 0 Å². The first-order valence-electron chi connectivity index (χ1n) is 7.44. The molecule has 0 amide bonds. The average molecular weight is 286 g/mol. The molecule has 0 saturated carbocycles. The van der Waals surface area contributed by atoms with Crippen molar-refractivity contribution in [2.45, 2.75) is 19.4 Å². The third-order valence-electron chi connectivity index (χ3n) is 4.05. The molecule has 1 saturated heterocycles. The summed E-state index contributed by atoms with van der Waals surface area (Å²) in [6, 6.07) is 0.496. The molecule has 1 aliphatic rings. The molecule has 1 unspecified atom stereocenters. The molecule has 0 spiro atoms. The van der Waals surface area contributed by atoms with Gasteiger partial charge >= 0.3 is 0 Å². The van der Waals surface area contributed by atoms with Gasteiger partial charge < -0.3 is 14.4 Å². The molecule has 1 atom stereocenters. The number of hydrogen-bond acceptors (Lipinski definition) is 5. The number of rotatable bonds is 4. The molecule has 0 N–H and O–H groups in total. The van der Waals surface area contributed by atoms with Crippen molar-refractivity contribution in [3.05, 3.63) is 24.8 Å². The third-order valence-corrected chi connectivity index (χ3v) is 4.05.